The van der Waals surface area contributed by atoms with Crippen molar-refractivity contribution in [3.05, 3.63) is 40.9 Å². The lowest BCUT2D eigenvalue weighted by molar-refractivity contribution is -0.137. The molecule has 0 aliphatic rings. The summed E-state index contributed by atoms with van der Waals surface area (Å²) in [5.74, 6) is -4.40. The van der Waals surface area contributed by atoms with Crippen LogP contribution in [-0.4, -0.2) is 57.6 Å². The summed E-state index contributed by atoms with van der Waals surface area (Å²) in [6.45, 7) is 6.31. The molecule has 0 radical (unpaired) electrons. The number of carbonyl (C=O) groups excluding carboxylic acids is 5. The Balaban J connectivity index is 2.16. The van der Waals surface area contributed by atoms with Gasteiger partial charge in [0.05, 0.1) is 17.0 Å². The number of primary amides is 2. The van der Waals surface area contributed by atoms with Crippen LogP contribution in [0.5, 0.6) is 5.75 Å². The second kappa shape index (κ2) is 12.3. The van der Waals surface area contributed by atoms with Gasteiger partial charge >= 0.3 is 0 Å². The van der Waals surface area contributed by atoms with Crippen LogP contribution in [0.2, 0.25) is 0 Å². The van der Waals surface area contributed by atoms with Gasteiger partial charge in [-0.2, -0.15) is 0 Å². The van der Waals surface area contributed by atoms with E-state index in [1.807, 2.05) is 0 Å². The Kier molecular flexibility index (Phi) is 9.72. The molecule has 0 bridgehead atoms. The van der Waals surface area contributed by atoms with Crippen molar-refractivity contribution in [3.63, 3.8) is 0 Å². The molecule has 0 aliphatic heterocycles. The van der Waals surface area contributed by atoms with Crippen molar-refractivity contribution in [2.45, 2.75) is 51.7 Å². The van der Waals surface area contributed by atoms with E-state index in [1.165, 1.54) is 32.2 Å². The number of aldehydes is 1. The zero-order chi connectivity index (χ0) is 27.9. The van der Waals surface area contributed by atoms with Crippen molar-refractivity contribution in [3.8, 4) is 5.75 Å². The number of aromatic nitrogens is 1. The van der Waals surface area contributed by atoms with Gasteiger partial charge in [0.2, 0.25) is 23.6 Å². The van der Waals surface area contributed by atoms with Crippen LogP contribution in [0.3, 0.4) is 0 Å². The van der Waals surface area contributed by atoms with Gasteiger partial charge in [0.15, 0.2) is 11.4 Å². The fraction of sp³-hybridized carbons (Fsp3) is 0.417. The Morgan fingerprint density at radius 1 is 1.05 bits per heavy atom. The number of phenols is 1. The molecule has 13 heteroatoms. The van der Waals surface area contributed by atoms with Crippen LogP contribution in [0, 0.1) is 11.8 Å². The summed E-state index contributed by atoms with van der Waals surface area (Å²) >= 11 is 1.00. The van der Waals surface area contributed by atoms with E-state index in [0.29, 0.717) is 16.7 Å². The summed E-state index contributed by atoms with van der Waals surface area (Å²) in [6, 6.07) is 3.92. The Labute approximate surface area is 218 Å². The molecule has 12 nitrogen and oxygen atoms in total. The first-order valence-electron chi connectivity index (χ1n) is 11.5. The lowest BCUT2D eigenvalue weighted by atomic mass is 9.74. The minimum Gasteiger partial charge on any atom is -0.508 e. The molecule has 0 saturated carbocycles. The molecule has 1 heterocycles. The first-order chi connectivity index (χ1) is 17.3. The lowest BCUT2D eigenvalue weighted by Gasteiger charge is -2.40. The largest absolute Gasteiger partial charge is 0.508 e. The first kappa shape index (κ1) is 29.2. The highest BCUT2D eigenvalue weighted by atomic mass is 32.1. The van der Waals surface area contributed by atoms with Crippen LogP contribution < -0.4 is 27.4 Å². The highest BCUT2D eigenvalue weighted by molar-refractivity contribution is 7.17. The number of hydrogen-bond donors (Lipinski definition) is 6. The molecule has 8 N–H and O–H groups in total. The molecule has 4 atom stereocenters. The summed E-state index contributed by atoms with van der Waals surface area (Å²) < 4.78 is 0. The van der Waals surface area contributed by atoms with E-state index in [-0.39, 0.29) is 17.3 Å². The Morgan fingerprint density at radius 2 is 1.68 bits per heavy atom. The fourth-order valence-corrected chi connectivity index (χ4v) is 4.59. The SMILES string of the molecule is CC(C)C(Nc1ncc(C=O)s1)(C(N)=O)[C@H](C)C(=O)N[C@@H](C)C(=O)N[C@@H](Cc1ccc(O)cc1)C(N)=O. The average molecular weight is 533 g/mol. The molecule has 1 aromatic heterocycles. The topological polar surface area (TPSA) is 207 Å². The molecule has 1 aromatic carbocycles. The minimum absolute atomic E-state index is 0.0517. The number of nitrogens with zero attached hydrogens (tertiary/aromatic N) is 1. The van der Waals surface area contributed by atoms with E-state index < -0.39 is 53.1 Å². The van der Waals surface area contributed by atoms with E-state index in [9.17, 15) is 29.1 Å². The number of amides is 4. The maximum Gasteiger partial charge on any atom is 0.244 e. The normalized spacial score (nSPS) is 15.1. The van der Waals surface area contributed by atoms with Crippen molar-refractivity contribution in [2.24, 2.45) is 23.3 Å². The van der Waals surface area contributed by atoms with E-state index in [0.717, 1.165) is 11.3 Å². The predicted octanol–water partition coefficient (Wildman–Crippen LogP) is 0.307. The van der Waals surface area contributed by atoms with Gasteiger partial charge in [0, 0.05) is 6.42 Å². The number of nitrogens with one attached hydrogen (secondary N) is 3. The van der Waals surface area contributed by atoms with Gasteiger partial charge in [0.25, 0.3) is 0 Å². The van der Waals surface area contributed by atoms with Crippen molar-refractivity contribution >= 4 is 46.4 Å². The average Bonchev–Trinajstić information content (AvgIpc) is 3.29. The molecule has 0 spiro atoms. The second-order valence-electron chi connectivity index (χ2n) is 8.98. The van der Waals surface area contributed by atoms with E-state index in [4.69, 9.17) is 11.5 Å². The van der Waals surface area contributed by atoms with Gasteiger partial charge in [-0.15, -0.1) is 0 Å². The molecule has 37 heavy (non-hydrogen) atoms. The number of nitrogens with two attached hydrogens (primary N) is 2. The van der Waals surface area contributed by atoms with Crippen LogP contribution in [0.1, 0.15) is 42.9 Å². The predicted molar refractivity (Wildman–Crippen MR) is 138 cm³/mol. The van der Waals surface area contributed by atoms with Gasteiger partial charge in [-0.3, -0.25) is 24.0 Å². The van der Waals surface area contributed by atoms with Gasteiger partial charge in [-0.1, -0.05) is 44.2 Å². The third kappa shape index (κ3) is 7.03. The van der Waals surface area contributed by atoms with E-state index in [1.54, 1.807) is 26.0 Å². The molecule has 0 fully saturated rings. The second-order valence-corrected chi connectivity index (χ2v) is 10.0. The summed E-state index contributed by atoms with van der Waals surface area (Å²) in [5.41, 5.74) is 10.3. The molecule has 4 amide bonds. The number of hydrogen-bond acceptors (Lipinski definition) is 9. The number of rotatable bonds is 13. The van der Waals surface area contributed by atoms with Gasteiger partial charge in [0.1, 0.15) is 23.4 Å². The fourth-order valence-electron chi connectivity index (χ4n) is 3.89. The van der Waals surface area contributed by atoms with Gasteiger partial charge < -0.3 is 32.5 Å². The molecular weight excluding hydrogens is 500 g/mol. The van der Waals surface area contributed by atoms with Crippen molar-refractivity contribution in [2.75, 3.05) is 5.32 Å². The van der Waals surface area contributed by atoms with Crippen LogP contribution >= 0.6 is 11.3 Å². The monoisotopic (exact) mass is 532 g/mol. The highest BCUT2D eigenvalue weighted by Gasteiger charge is 2.49. The number of benzene rings is 1. The number of anilines is 1. The summed E-state index contributed by atoms with van der Waals surface area (Å²) in [5, 5.41) is 17.7. The Morgan fingerprint density at radius 3 is 2.16 bits per heavy atom. The Hall–Kier alpha value is -4.00. The highest BCUT2D eigenvalue weighted by Crippen LogP contribution is 2.32. The lowest BCUT2D eigenvalue weighted by Crippen LogP contribution is -2.63. The van der Waals surface area contributed by atoms with Crippen LogP contribution in [0.4, 0.5) is 5.13 Å². The van der Waals surface area contributed by atoms with Crippen LogP contribution in [0.25, 0.3) is 0 Å². The van der Waals surface area contributed by atoms with Gasteiger partial charge in [-0.25, -0.2) is 4.98 Å². The zero-order valence-electron chi connectivity index (χ0n) is 21.0. The minimum atomic E-state index is -1.59. The number of phenolic OH excluding ortho intramolecular Hbond substituents is 1. The molecule has 2 aromatic rings. The van der Waals surface area contributed by atoms with E-state index in [2.05, 4.69) is 20.9 Å². The molecule has 0 aliphatic carbocycles. The summed E-state index contributed by atoms with van der Waals surface area (Å²) in [4.78, 5) is 66.0. The molecule has 1 unspecified atom stereocenters. The number of aromatic hydroxyl groups is 1. The first-order valence-corrected chi connectivity index (χ1v) is 12.3. The zero-order valence-corrected chi connectivity index (χ0v) is 21.8. The van der Waals surface area contributed by atoms with Crippen LogP contribution in [-0.2, 0) is 25.6 Å². The third-order valence-corrected chi connectivity index (χ3v) is 6.97. The Bertz CT molecular complexity index is 1150. The van der Waals surface area contributed by atoms with Gasteiger partial charge in [-0.05, 0) is 30.5 Å². The maximum atomic E-state index is 13.2. The summed E-state index contributed by atoms with van der Waals surface area (Å²) in [7, 11) is 0. The maximum absolute atomic E-state index is 13.2. The van der Waals surface area contributed by atoms with E-state index >= 15 is 0 Å². The quantitative estimate of drug-likeness (QED) is 0.197. The molecular formula is C24H32N6O6S. The molecule has 0 saturated heterocycles. The standard InChI is InChI=1S/C24H32N6O6S/c1-12(2)24(22(26)36,30-23-27-10-17(11-31)37-23)13(3)20(34)28-14(4)21(35)29-18(19(25)33)9-15-5-7-16(32)8-6-15/h5-8,10-14,18,32H,9H2,1-4H3,(H2,25,33)(H2,26,36)(H,27,30)(H,28,34)(H,29,35)/t13-,14+,18+,24?/m1/s1. The molecule has 200 valence electrons. The smallest absolute Gasteiger partial charge is 0.244 e. The van der Waals surface area contributed by atoms with Crippen molar-refractivity contribution < 1.29 is 29.1 Å². The third-order valence-electron chi connectivity index (χ3n) is 6.14. The summed E-state index contributed by atoms with van der Waals surface area (Å²) in [6.07, 6.45) is 2.02. The number of carbonyl (C=O) groups is 5. The van der Waals surface area contributed by atoms with Crippen molar-refractivity contribution in [1.82, 2.24) is 15.6 Å². The number of thiazole rings is 1. The molecule has 2 rings (SSSR count). The van der Waals surface area contributed by atoms with Crippen LogP contribution in [0.15, 0.2) is 30.5 Å². The van der Waals surface area contributed by atoms with Crippen molar-refractivity contribution in [1.29, 1.82) is 0 Å².